The van der Waals surface area contributed by atoms with Gasteiger partial charge in [0.05, 0.1) is 11.4 Å². The van der Waals surface area contributed by atoms with Crippen molar-refractivity contribution in [3.8, 4) is 11.4 Å². The van der Waals surface area contributed by atoms with Crippen molar-refractivity contribution in [3.63, 3.8) is 0 Å². The van der Waals surface area contributed by atoms with Gasteiger partial charge < -0.3 is 15.1 Å². The Morgan fingerprint density at radius 3 is 2.50 bits per heavy atom. The molecule has 2 amide bonds. The van der Waals surface area contributed by atoms with Gasteiger partial charge in [-0.15, -0.1) is 11.3 Å². The summed E-state index contributed by atoms with van der Waals surface area (Å²) >= 11 is 1.42. The largest absolute Gasteiger partial charge is 0.353 e. The summed E-state index contributed by atoms with van der Waals surface area (Å²) in [6, 6.07) is 15.5. The number of nitrogens with one attached hydrogen (secondary N) is 1. The molecule has 2 aromatic heterocycles. The highest BCUT2D eigenvalue weighted by atomic mass is 32.1. The fourth-order valence-electron chi connectivity index (χ4n) is 3.35. The molecule has 1 N–H and O–H groups in total. The maximum Gasteiger partial charge on any atom is 0.261 e. The number of carbonyl (C=O) groups is 2. The van der Waals surface area contributed by atoms with E-state index in [-0.39, 0.29) is 18.4 Å². The molecule has 8 heteroatoms. The van der Waals surface area contributed by atoms with Crippen LogP contribution >= 0.6 is 11.3 Å². The van der Waals surface area contributed by atoms with Gasteiger partial charge in [0.2, 0.25) is 5.91 Å². The highest BCUT2D eigenvalue weighted by molar-refractivity contribution is 7.13. The highest BCUT2D eigenvalue weighted by Crippen LogP contribution is 2.19. The van der Waals surface area contributed by atoms with E-state index in [4.69, 9.17) is 0 Å². The Balaban J connectivity index is 1.30. The average Bonchev–Trinajstić information content (AvgIpc) is 3.24. The van der Waals surface area contributed by atoms with Crippen LogP contribution in [0.4, 0.5) is 5.82 Å². The van der Waals surface area contributed by atoms with Gasteiger partial charge in [-0.2, -0.15) is 0 Å². The molecule has 30 heavy (non-hydrogen) atoms. The molecule has 0 aliphatic carbocycles. The molecular weight excluding hydrogens is 398 g/mol. The third kappa shape index (κ3) is 4.65. The van der Waals surface area contributed by atoms with Gasteiger partial charge in [0.25, 0.3) is 5.91 Å². The zero-order chi connectivity index (χ0) is 20.9. The molecule has 0 saturated carbocycles. The Bertz CT molecular complexity index is 1030. The van der Waals surface area contributed by atoms with E-state index in [9.17, 15) is 9.59 Å². The van der Waals surface area contributed by atoms with E-state index in [2.05, 4.69) is 20.2 Å². The standard InChI is InChI=1S/C22H23N5O2S/c1-16-7-8-18(30-16)22(29)24-15-20(28)27-13-11-26(12-14-27)19-9-10-23-21(25-19)17-5-3-2-4-6-17/h2-10H,11-15H2,1H3,(H,24,29). The molecule has 1 aromatic carbocycles. The Kier molecular flexibility index (Phi) is 6.04. The molecule has 1 fully saturated rings. The predicted octanol–water partition coefficient (Wildman–Crippen LogP) is 2.59. The van der Waals surface area contributed by atoms with Gasteiger partial charge in [0, 0.05) is 42.8 Å². The van der Waals surface area contributed by atoms with Gasteiger partial charge in [-0.1, -0.05) is 30.3 Å². The van der Waals surface area contributed by atoms with Crippen LogP contribution in [0.2, 0.25) is 0 Å². The molecule has 3 aromatic rings. The molecule has 0 bridgehead atoms. The lowest BCUT2D eigenvalue weighted by Gasteiger charge is -2.35. The normalized spacial score (nSPS) is 13.9. The second-order valence-corrected chi connectivity index (χ2v) is 8.35. The number of amides is 2. The van der Waals surface area contributed by atoms with E-state index in [1.807, 2.05) is 49.4 Å². The van der Waals surface area contributed by atoms with E-state index in [1.54, 1.807) is 17.2 Å². The minimum Gasteiger partial charge on any atom is -0.353 e. The predicted molar refractivity (Wildman–Crippen MR) is 118 cm³/mol. The summed E-state index contributed by atoms with van der Waals surface area (Å²) in [5.74, 6) is 1.29. The molecule has 0 radical (unpaired) electrons. The Morgan fingerprint density at radius 2 is 1.80 bits per heavy atom. The maximum atomic E-state index is 12.5. The number of hydrogen-bond acceptors (Lipinski definition) is 6. The summed E-state index contributed by atoms with van der Waals surface area (Å²) in [5, 5.41) is 2.72. The summed E-state index contributed by atoms with van der Waals surface area (Å²) in [5.41, 5.74) is 0.977. The first kappa shape index (κ1) is 20.0. The van der Waals surface area contributed by atoms with Gasteiger partial charge in [0.1, 0.15) is 5.82 Å². The molecule has 4 rings (SSSR count). The molecule has 1 aliphatic heterocycles. The third-order valence-electron chi connectivity index (χ3n) is 4.99. The van der Waals surface area contributed by atoms with Crippen LogP contribution < -0.4 is 10.2 Å². The van der Waals surface area contributed by atoms with Crippen LogP contribution in [0.3, 0.4) is 0 Å². The van der Waals surface area contributed by atoms with Crippen molar-refractivity contribution < 1.29 is 9.59 Å². The average molecular weight is 422 g/mol. The number of rotatable bonds is 5. The number of aryl methyl sites for hydroxylation is 1. The van der Waals surface area contributed by atoms with Crippen molar-refractivity contribution in [3.05, 3.63) is 64.5 Å². The maximum absolute atomic E-state index is 12.5. The lowest BCUT2D eigenvalue weighted by molar-refractivity contribution is -0.130. The monoisotopic (exact) mass is 421 g/mol. The molecule has 0 spiro atoms. The number of piperazine rings is 1. The lowest BCUT2D eigenvalue weighted by atomic mass is 10.2. The Hall–Kier alpha value is -3.26. The van der Waals surface area contributed by atoms with E-state index in [0.29, 0.717) is 36.9 Å². The van der Waals surface area contributed by atoms with Crippen LogP contribution in [0.15, 0.2) is 54.7 Å². The van der Waals surface area contributed by atoms with Crippen molar-refractivity contribution in [2.75, 3.05) is 37.6 Å². The second kappa shape index (κ2) is 9.04. The highest BCUT2D eigenvalue weighted by Gasteiger charge is 2.22. The zero-order valence-corrected chi connectivity index (χ0v) is 17.6. The summed E-state index contributed by atoms with van der Waals surface area (Å²) in [7, 11) is 0. The van der Waals surface area contributed by atoms with Gasteiger partial charge in [0.15, 0.2) is 5.82 Å². The quantitative estimate of drug-likeness (QED) is 0.685. The molecule has 3 heterocycles. The summed E-state index contributed by atoms with van der Waals surface area (Å²) < 4.78 is 0. The van der Waals surface area contributed by atoms with Crippen LogP contribution in [-0.4, -0.2) is 59.4 Å². The first-order valence-electron chi connectivity index (χ1n) is 9.86. The van der Waals surface area contributed by atoms with E-state index in [1.165, 1.54) is 11.3 Å². The summed E-state index contributed by atoms with van der Waals surface area (Å²) in [6.45, 7) is 4.53. The minimum atomic E-state index is -0.200. The first-order chi connectivity index (χ1) is 14.6. The van der Waals surface area contributed by atoms with Crippen LogP contribution in [0.25, 0.3) is 11.4 Å². The van der Waals surface area contributed by atoms with Crippen molar-refractivity contribution in [2.24, 2.45) is 0 Å². The first-order valence-corrected chi connectivity index (χ1v) is 10.7. The van der Waals surface area contributed by atoms with Crippen molar-refractivity contribution >= 4 is 29.0 Å². The fraction of sp³-hybridized carbons (Fsp3) is 0.273. The Morgan fingerprint density at radius 1 is 1.03 bits per heavy atom. The number of nitrogens with zero attached hydrogens (tertiary/aromatic N) is 4. The Labute approximate surface area is 179 Å². The summed E-state index contributed by atoms with van der Waals surface area (Å²) in [6.07, 6.45) is 1.77. The third-order valence-corrected chi connectivity index (χ3v) is 5.99. The van der Waals surface area contributed by atoms with Gasteiger partial charge >= 0.3 is 0 Å². The molecular formula is C22H23N5O2S. The smallest absolute Gasteiger partial charge is 0.261 e. The molecule has 0 atom stereocenters. The van der Waals surface area contributed by atoms with Crippen LogP contribution in [-0.2, 0) is 4.79 Å². The molecule has 0 unspecified atom stereocenters. The molecule has 154 valence electrons. The van der Waals surface area contributed by atoms with E-state index in [0.717, 1.165) is 16.3 Å². The van der Waals surface area contributed by atoms with E-state index >= 15 is 0 Å². The molecule has 1 saturated heterocycles. The number of thiophene rings is 1. The fourth-order valence-corrected chi connectivity index (χ4v) is 4.13. The van der Waals surface area contributed by atoms with Gasteiger partial charge in [-0.25, -0.2) is 9.97 Å². The minimum absolute atomic E-state index is 0.0153. The topological polar surface area (TPSA) is 78.4 Å². The second-order valence-electron chi connectivity index (χ2n) is 7.07. The number of hydrogen-bond donors (Lipinski definition) is 1. The van der Waals surface area contributed by atoms with Crippen molar-refractivity contribution in [1.29, 1.82) is 0 Å². The SMILES string of the molecule is Cc1ccc(C(=O)NCC(=O)N2CCN(c3ccnc(-c4ccccc4)n3)CC2)s1. The zero-order valence-electron chi connectivity index (χ0n) is 16.7. The van der Waals surface area contributed by atoms with Crippen LogP contribution in [0.5, 0.6) is 0 Å². The number of carbonyl (C=O) groups excluding carboxylic acids is 2. The lowest BCUT2D eigenvalue weighted by Crippen LogP contribution is -2.51. The summed E-state index contributed by atoms with van der Waals surface area (Å²) in [4.78, 5) is 39.3. The molecule has 7 nitrogen and oxygen atoms in total. The van der Waals surface area contributed by atoms with Crippen molar-refractivity contribution in [1.82, 2.24) is 20.2 Å². The van der Waals surface area contributed by atoms with Gasteiger partial charge in [-0.05, 0) is 25.1 Å². The van der Waals surface area contributed by atoms with Crippen LogP contribution in [0, 0.1) is 6.92 Å². The number of aromatic nitrogens is 2. The number of anilines is 1. The van der Waals surface area contributed by atoms with Crippen molar-refractivity contribution in [2.45, 2.75) is 6.92 Å². The van der Waals surface area contributed by atoms with E-state index < -0.39 is 0 Å². The van der Waals surface area contributed by atoms with Crippen LogP contribution in [0.1, 0.15) is 14.5 Å². The number of benzene rings is 1. The molecule has 1 aliphatic rings. The van der Waals surface area contributed by atoms with Gasteiger partial charge in [-0.3, -0.25) is 9.59 Å².